The van der Waals surface area contributed by atoms with Crippen LogP contribution in [0.1, 0.15) is 21.6 Å². The van der Waals surface area contributed by atoms with E-state index in [2.05, 4.69) is 26.3 Å². The second kappa shape index (κ2) is 5.35. The molecule has 5 heteroatoms. The Bertz CT molecular complexity index is 577. The first-order valence-corrected chi connectivity index (χ1v) is 6.39. The maximum absolute atomic E-state index is 12.0. The summed E-state index contributed by atoms with van der Waals surface area (Å²) in [5.41, 5.74) is 2.53. The van der Waals surface area contributed by atoms with Crippen LogP contribution in [0.25, 0.3) is 0 Å². The largest absolute Gasteiger partial charge is 0.346 e. The molecule has 0 aliphatic carbocycles. The molecule has 0 saturated heterocycles. The minimum atomic E-state index is -0.101. The van der Waals surface area contributed by atoms with Gasteiger partial charge in [0.25, 0.3) is 5.91 Å². The van der Waals surface area contributed by atoms with Crippen molar-refractivity contribution in [3.8, 4) is 0 Å². The van der Waals surface area contributed by atoms with Gasteiger partial charge in [-0.25, -0.2) is 0 Å². The van der Waals surface area contributed by atoms with Gasteiger partial charge in [-0.3, -0.25) is 9.48 Å². The van der Waals surface area contributed by atoms with E-state index >= 15 is 0 Å². The van der Waals surface area contributed by atoms with Gasteiger partial charge in [0.05, 0.1) is 17.8 Å². The Morgan fingerprint density at radius 3 is 2.89 bits per heavy atom. The van der Waals surface area contributed by atoms with Crippen molar-refractivity contribution in [3.05, 3.63) is 51.8 Å². The summed E-state index contributed by atoms with van der Waals surface area (Å²) in [6.45, 7) is 2.39. The molecule has 0 aliphatic heterocycles. The van der Waals surface area contributed by atoms with Crippen LogP contribution in [0.5, 0.6) is 0 Å². The Hall–Kier alpha value is -1.62. The molecule has 0 fully saturated rings. The predicted molar refractivity (Wildman–Crippen MR) is 73.3 cm³/mol. The van der Waals surface area contributed by atoms with Crippen LogP contribution in [0.4, 0.5) is 0 Å². The topological polar surface area (TPSA) is 46.9 Å². The van der Waals surface area contributed by atoms with E-state index in [0.717, 1.165) is 15.7 Å². The smallest absolute Gasteiger partial charge is 0.252 e. The summed E-state index contributed by atoms with van der Waals surface area (Å²) in [4.78, 5) is 12.0. The van der Waals surface area contributed by atoms with Crippen molar-refractivity contribution in [2.45, 2.75) is 13.5 Å². The van der Waals surface area contributed by atoms with Gasteiger partial charge in [0.15, 0.2) is 0 Å². The fraction of sp³-hybridized carbons (Fsp3) is 0.231. The first-order chi connectivity index (χ1) is 8.58. The molecule has 2 aromatic rings. The quantitative estimate of drug-likeness (QED) is 0.946. The minimum Gasteiger partial charge on any atom is -0.346 e. The highest BCUT2D eigenvalue weighted by Gasteiger charge is 2.11. The van der Waals surface area contributed by atoms with Crippen molar-refractivity contribution >= 4 is 21.8 Å². The lowest BCUT2D eigenvalue weighted by molar-refractivity contribution is 0.0949. The van der Waals surface area contributed by atoms with Crippen molar-refractivity contribution in [1.82, 2.24) is 15.1 Å². The lowest BCUT2D eigenvalue weighted by Crippen LogP contribution is -2.23. The van der Waals surface area contributed by atoms with Crippen LogP contribution in [-0.4, -0.2) is 15.7 Å². The lowest BCUT2D eigenvalue weighted by Gasteiger charge is -2.07. The Labute approximate surface area is 114 Å². The maximum Gasteiger partial charge on any atom is 0.252 e. The number of rotatable bonds is 3. The zero-order chi connectivity index (χ0) is 13.1. The van der Waals surface area contributed by atoms with Gasteiger partial charge in [-0.1, -0.05) is 12.1 Å². The van der Waals surface area contributed by atoms with E-state index in [0.29, 0.717) is 12.1 Å². The SMILES string of the molecule is Cc1cccc(C(=O)NCc2ccn(C)n2)c1Br. The van der Waals surface area contributed by atoms with Crippen LogP contribution in [0.3, 0.4) is 0 Å². The third-order valence-electron chi connectivity index (χ3n) is 2.64. The Kier molecular flexibility index (Phi) is 3.81. The van der Waals surface area contributed by atoms with Gasteiger partial charge < -0.3 is 5.32 Å². The van der Waals surface area contributed by atoms with Crippen LogP contribution in [0.2, 0.25) is 0 Å². The van der Waals surface area contributed by atoms with Crippen molar-refractivity contribution in [3.63, 3.8) is 0 Å². The number of carbonyl (C=O) groups excluding carboxylic acids is 1. The number of nitrogens with zero attached hydrogens (tertiary/aromatic N) is 2. The first kappa shape index (κ1) is 12.8. The average Bonchev–Trinajstić information content (AvgIpc) is 2.76. The van der Waals surface area contributed by atoms with Gasteiger partial charge in [0.1, 0.15) is 0 Å². The van der Waals surface area contributed by atoms with Crippen molar-refractivity contribution in [2.75, 3.05) is 0 Å². The van der Waals surface area contributed by atoms with Crippen molar-refractivity contribution in [2.24, 2.45) is 7.05 Å². The second-order valence-corrected chi connectivity index (χ2v) is 4.89. The monoisotopic (exact) mass is 307 g/mol. The molecular formula is C13H14BrN3O. The molecule has 1 aromatic carbocycles. The van der Waals surface area contributed by atoms with E-state index < -0.39 is 0 Å². The standard InChI is InChI=1S/C13H14BrN3O/c1-9-4-3-5-11(12(9)14)13(18)15-8-10-6-7-17(2)16-10/h3-7H,8H2,1-2H3,(H,15,18). The highest BCUT2D eigenvalue weighted by atomic mass is 79.9. The number of nitrogens with one attached hydrogen (secondary N) is 1. The van der Waals surface area contributed by atoms with Crippen LogP contribution >= 0.6 is 15.9 Å². The Morgan fingerprint density at radius 2 is 2.22 bits per heavy atom. The molecular weight excluding hydrogens is 294 g/mol. The van der Waals surface area contributed by atoms with Gasteiger partial charge in [0, 0.05) is 17.7 Å². The van der Waals surface area contributed by atoms with E-state index in [4.69, 9.17) is 0 Å². The molecule has 1 aromatic heterocycles. The van der Waals surface area contributed by atoms with Crippen molar-refractivity contribution in [1.29, 1.82) is 0 Å². The lowest BCUT2D eigenvalue weighted by atomic mass is 10.1. The zero-order valence-electron chi connectivity index (χ0n) is 10.3. The fourth-order valence-electron chi connectivity index (χ4n) is 1.65. The summed E-state index contributed by atoms with van der Waals surface area (Å²) in [6, 6.07) is 7.51. The highest BCUT2D eigenvalue weighted by Crippen LogP contribution is 2.20. The molecule has 0 spiro atoms. The summed E-state index contributed by atoms with van der Waals surface area (Å²) in [5.74, 6) is -0.101. The van der Waals surface area contributed by atoms with Gasteiger partial charge in [-0.15, -0.1) is 0 Å². The third-order valence-corrected chi connectivity index (χ3v) is 3.69. The number of hydrogen-bond donors (Lipinski definition) is 1. The summed E-state index contributed by atoms with van der Waals surface area (Å²) in [5, 5.41) is 7.06. The van der Waals surface area contributed by atoms with Gasteiger partial charge in [-0.05, 0) is 40.5 Å². The van der Waals surface area contributed by atoms with E-state index in [1.165, 1.54) is 0 Å². The number of amides is 1. The molecule has 94 valence electrons. The number of aryl methyl sites for hydroxylation is 2. The van der Waals surface area contributed by atoms with E-state index in [9.17, 15) is 4.79 Å². The Morgan fingerprint density at radius 1 is 1.44 bits per heavy atom. The van der Waals surface area contributed by atoms with Gasteiger partial charge in [0.2, 0.25) is 0 Å². The summed E-state index contributed by atoms with van der Waals surface area (Å²) in [6.07, 6.45) is 1.85. The molecule has 4 nitrogen and oxygen atoms in total. The molecule has 2 rings (SSSR count). The molecule has 18 heavy (non-hydrogen) atoms. The normalized spacial score (nSPS) is 10.4. The van der Waals surface area contributed by atoms with Crippen LogP contribution in [0.15, 0.2) is 34.9 Å². The second-order valence-electron chi connectivity index (χ2n) is 4.10. The average molecular weight is 308 g/mol. The zero-order valence-corrected chi connectivity index (χ0v) is 11.9. The number of hydrogen-bond acceptors (Lipinski definition) is 2. The van der Waals surface area contributed by atoms with E-state index in [1.807, 2.05) is 38.4 Å². The van der Waals surface area contributed by atoms with Crippen LogP contribution < -0.4 is 5.32 Å². The molecule has 0 unspecified atom stereocenters. The predicted octanol–water partition coefficient (Wildman–Crippen LogP) is 2.42. The summed E-state index contributed by atoms with van der Waals surface area (Å²) >= 11 is 3.43. The number of carbonyl (C=O) groups is 1. The summed E-state index contributed by atoms with van der Waals surface area (Å²) in [7, 11) is 1.85. The van der Waals surface area contributed by atoms with Gasteiger partial charge in [-0.2, -0.15) is 5.10 Å². The fourth-order valence-corrected chi connectivity index (χ4v) is 2.09. The molecule has 1 heterocycles. The van der Waals surface area contributed by atoms with Crippen LogP contribution in [0, 0.1) is 6.92 Å². The minimum absolute atomic E-state index is 0.101. The number of aromatic nitrogens is 2. The van der Waals surface area contributed by atoms with Gasteiger partial charge >= 0.3 is 0 Å². The molecule has 0 bridgehead atoms. The third kappa shape index (κ3) is 2.79. The molecule has 1 amide bonds. The van der Waals surface area contributed by atoms with Crippen molar-refractivity contribution < 1.29 is 4.79 Å². The van der Waals surface area contributed by atoms with E-state index in [-0.39, 0.29) is 5.91 Å². The number of halogens is 1. The first-order valence-electron chi connectivity index (χ1n) is 5.60. The molecule has 0 saturated carbocycles. The summed E-state index contributed by atoms with van der Waals surface area (Å²) < 4.78 is 2.55. The molecule has 0 radical (unpaired) electrons. The Balaban J connectivity index is 2.06. The van der Waals surface area contributed by atoms with Crippen LogP contribution in [-0.2, 0) is 13.6 Å². The molecule has 0 atom stereocenters. The van der Waals surface area contributed by atoms with E-state index in [1.54, 1.807) is 10.7 Å². The number of benzene rings is 1. The highest BCUT2D eigenvalue weighted by molar-refractivity contribution is 9.10. The molecule has 1 N–H and O–H groups in total. The molecule has 0 aliphatic rings. The maximum atomic E-state index is 12.0.